The number of hydrogen-bond donors (Lipinski definition) is 3. The SMILES string of the molecule is C[C@H]1CCCC[NH+]1CCCNC(=O)c1ccc(CNC(=O)OC(C)(C)C)cc1. The van der Waals surface area contributed by atoms with Crippen molar-refractivity contribution in [1.29, 1.82) is 0 Å². The first-order valence-electron chi connectivity index (χ1n) is 10.4. The number of carbonyl (C=O) groups is 2. The molecule has 2 amide bonds. The largest absolute Gasteiger partial charge is 0.444 e. The van der Waals surface area contributed by atoms with E-state index < -0.39 is 11.7 Å². The number of ether oxygens (including phenoxy) is 1. The molecule has 0 radical (unpaired) electrons. The topological polar surface area (TPSA) is 71.9 Å². The highest BCUT2D eigenvalue weighted by atomic mass is 16.6. The van der Waals surface area contributed by atoms with Crippen molar-refractivity contribution in [1.82, 2.24) is 10.6 Å². The second-order valence-electron chi connectivity index (χ2n) is 8.72. The van der Waals surface area contributed by atoms with Crippen molar-refractivity contribution in [3.8, 4) is 0 Å². The highest BCUT2D eigenvalue weighted by Crippen LogP contribution is 2.08. The quantitative estimate of drug-likeness (QED) is 0.626. The van der Waals surface area contributed by atoms with E-state index in [0.29, 0.717) is 18.7 Å². The Morgan fingerprint density at radius 1 is 1.14 bits per heavy atom. The van der Waals surface area contributed by atoms with Gasteiger partial charge in [0.1, 0.15) is 5.60 Å². The summed E-state index contributed by atoms with van der Waals surface area (Å²) < 4.78 is 5.21. The summed E-state index contributed by atoms with van der Waals surface area (Å²) in [6, 6.07) is 8.03. The normalized spacial score (nSPS) is 19.7. The summed E-state index contributed by atoms with van der Waals surface area (Å²) in [7, 11) is 0. The molecule has 2 rings (SSSR count). The lowest BCUT2D eigenvalue weighted by Crippen LogP contribution is -3.16. The molecule has 1 heterocycles. The zero-order valence-electron chi connectivity index (χ0n) is 17.8. The molecular weight excluding hydrogens is 354 g/mol. The number of amides is 2. The van der Waals surface area contributed by atoms with Crippen LogP contribution in [0.3, 0.4) is 0 Å². The Bertz CT molecular complexity index is 637. The van der Waals surface area contributed by atoms with Crippen LogP contribution in [0.1, 0.15) is 69.3 Å². The number of rotatable bonds is 7. The highest BCUT2D eigenvalue weighted by molar-refractivity contribution is 5.94. The number of quaternary nitrogens is 1. The highest BCUT2D eigenvalue weighted by Gasteiger charge is 2.21. The molecule has 28 heavy (non-hydrogen) atoms. The third kappa shape index (κ3) is 7.89. The van der Waals surface area contributed by atoms with Gasteiger partial charge in [-0.2, -0.15) is 0 Å². The van der Waals surface area contributed by atoms with Crippen LogP contribution in [0.2, 0.25) is 0 Å². The number of likely N-dealkylation sites (tertiary alicyclic amines) is 1. The van der Waals surface area contributed by atoms with E-state index in [0.717, 1.165) is 24.6 Å². The Kier molecular flexibility index (Phi) is 8.30. The number of benzene rings is 1. The van der Waals surface area contributed by atoms with Crippen LogP contribution >= 0.6 is 0 Å². The van der Waals surface area contributed by atoms with Gasteiger partial charge in [-0.15, -0.1) is 0 Å². The Morgan fingerprint density at radius 3 is 2.50 bits per heavy atom. The Labute approximate surface area is 169 Å². The number of piperidine rings is 1. The van der Waals surface area contributed by atoms with Crippen LogP contribution in [-0.2, 0) is 11.3 Å². The van der Waals surface area contributed by atoms with Gasteiger partial charge >= 0.3 is 6.09 Å². The fourth-order valence-corrected chi connectivity index (χ4v) is 3.51. The van der Waals surface area contributed by atoms with Crippen LogP contribution in [0.15, 0.2) is 24.3 Å². The second-order valence-corrected chi connectivity index (χ2v) is 8.72. The van der Waals surface area contributed by atoms with E-state index >= 15 is 0 Å². The van der Waals surface area contributed by atoms with Crippen LogP contribution in [0.25, 0.3) is 0 Å². The average Bonchev–Trinajstić information content (AvgIpc) is 2.64. The molecular formula is C22H36N3O3+. The molecule has 1 aliphatic rings. The van der Waals surface area contributed by atoms with E-state index in [1.807, 2.05) is 32.9 Å². The molecule has 0 aromatic heterocycles. The van der Waals surface area contributed by atoms with Crippen LogP contribution in [0, 0.1) is 0 Å². The fraction of sp³-hybridized carbons (Fsp3) is 0.636. The molecule has 1 unspecified atom stereocenters. The molecule has 0 spiro atoms. The van der Waals surface area contributed by atoms with Gasteiger partial charge in [0.25, 0.3) is 5.91 Å². The van der Waals surface area contributed by atoms with Gasteiger partial charge in [-0.3, -0.25) is 4.79 Å². The summed E-state index contributed by atoms with van der Waals surface area (Å²) in [6.07, 6.45) is 4.55. The molecule has 0 aliphatic carbocycles. The summed E-state index contributed by atoms with van der Waals surface area (Å²) in [5, 5.41) is 5.72. The molecule has 1 saturated heterocycles. The lowest BCUT2D eigenvalue weighted by atomic mass is 10.0. The Balaban J connectivity index is 1.69. The van der Waals surface area contributed by atoms with Crippen molar-refractivity contribution < 1.29 is 19.2 Å². The number of alkyl carbamates (subject to hydrolysis) is 1. The van der Waals surface area contributed by atoms with Crippen molar-refractivity contribution in [2.24, 2.45) is 0 Å². The maximum atomic E-state index is 12.3. The van der Waals surface area contributed by atoms with Gasteiger partial charge in [-0.05, 0) is 64.7 Å². The summed E-state index contributed by atoms with van der Waals surface area (Å²) in [6.45, 7) is 11.3. The van der Waals surface area contributed by atoms with Crippen molar-refractivity contribution in [2.45, 2.75) is 71.6 Å². The van der Waals surface area contributed by atoms with E-state index in [-0.39, 0.29) is 5.91 Å². The predicted molar refractivity (Wildman–Crippen MR) is 110 cm³/mol. The Morgan fingerprint density at radius 2 is 1.86 bits per heavy atom. The standard InChI is InChI=1S/C22H35N3O3/c1-17-8-5-6-14-25(17)15-7-13-23-20(26)19-11-9-18(10-12-19)16-24-21(27)28-22(2,3)4/h9-12,17H,5-8,13-16H2,1-4H3,(H,23,26)(H,24,27)/p+1/t17-/m0/s1. The summed E-state index contributed by atoms with van der Waals surface area (Å²) in [4.78, 5) is 25.6. The first-order valence-corrected chi connectivity index (χ1v) is 10.4. The third-order valence-corrected chi connectivity index (χ3v) is 5.09. The second kappa shape index (κ2) is 10.5. The van der Waals surface area contributed by atoms with Crippen LogP contribution < -0.4 is 15.5 Å². The maximum absolute atomic E-state index is 12.3. The molecule has 2 atom stereocenters. The molecule has 0 saturated carbocycles. The summed E-state index contributed by atoms with van der Waals surface area (Å²) in [5.74, 6) is -0.0478. The predicted octanol–water partition coefficient (Wildman–Crippen LogP) is 2.29. The molecule has 6 nitrogen and oxygen atoms in total. The van der Waals surface area contributed by atoms with Crippen molar-refractivity contribution in [3.05, 3.63) is 35.4 Å². The van der Waals surface area contributed by atoms with Crippen LogP contribution in [-0.4, -0.2) is 43.3 Å². The number of hydrogen-bond acceptors (Lipinski definition) is 3. The monoisotopic (exact) mass is 390 g/mol. The molecule has 1 fully saturated rings. The smallest absolute Gasteiger partial charge is 0.407 e. The zero-order valence-corrected chi connectivity index (χ0v) is 17.8. The van der Waals surface area contributed by atoms with Crippen LogP contribution in [0.4, 0.5) is 4.79 Å². The number of carbonyl (C=O) groups excluding carboxylic acids is 2. The fourth-order valence-electron chi connectivity index (χ4n) is 3.51. The molecule has 1 aromatic carbocycles. The van der Waals surface area contributed by atoms with Gasteiger partial charge in [0.05, 0.1) is 19.1 Å². The minimum Gasteiger partial charge on any atom is -0.444 e. The maximum Gasteiger partial charge on any atom is 0.407 e. The molecule has 1 aromatic rings. The van der Waals surface area contributed by atoms with E-state index in [9.17, 15) is 9.59 Å². The van der Waals surface area contributed by atoms with Gasteiger partial charge in [-0.1, -0.05) is 12.1 Å². The van der Waals surface area contributed by atoms with Crippen molar-refractivity contribution in [2.75, 3.05) is 19.6 Å². The minimum atomic E-state index is -0.514. The van der Waals surface area contributed by atoms with E-state index in [4.69, 9.17) is 4.74 Å². The molecule has 0 bridgehead atoms. The van der Waals surface area contributed by atoms with Crippen LogP contribution in [0.5, 0.6) is 0 Å². The minimum absolute atomic E-state index is 0.0478. The number of nitrogens with one attached hydrogen (secondary N) is 3. The zero-order chi connectivity index (χ0) is 20.6. The lowest BCUT2D eigenvalue weighted by molar-refractivity contribution is -0.928. The first kappa shape index (κ1) is 22.2. The first-order chi connectivity index (χ1) is 13.2. The molecule has 6 heteroatoms. The van der Waals surface area contributed by atoms with Gasteiger partial charge in [0.15, 0.2) is 0 Å². The summed E-state index contributed by atoms with van der Waals surface area (Å²) >= 11 is 0. The van der Waals surface area contributed by atoms with E-state index in [1.54, 1.807) is 17.0 Å². The lowest BCUT2D eigenvalue weighted by Gasteiger charge is -2.30. The van der Waals surface area contributed by atoms with Gasteiger partial charge < -0.3 is 20.3 Å². The van der Waals surface area contributed by atoms with E-state index in [1.165, 1.54) is 25.8 Å². The average molecular weight is 391 g/mol. The van der Waals surface area contributed by atoms with E-state index in [2.05, 4.69) is 17.6 Å². The molecule has 156 valence electrons. The van der Waals surface area contributed by atoms with Gasteiger partial charge in [0, 0.05) is 25.1 Å². The Hall–Kier alpha value is -2.08. The van der Waals surface area contributed by atoms with Gasteiger partial charge in [-0.25, -0.2) is 4.79 Å². The summed E-state index contributed by atoms with van der Waals surface area (Å²) in [5.41, 5.74) is 1.05. The van der Waals surface area contributed by atoms with Crippen molar-refractivity contribution in [3.63, 3.8) is 0 Å². The molecule has 3 N–H and O–H groups in total. The third-order valence-electron chi connectivity index (χ3n) is 5.09. The molecule has 1 aliphatic heterocycles. The van der Waals surface area contributed by atoms with Gasteiger partial charge in [0.2, 0.25) is 0 Å². The van der Waals surface area contributed by atoms with Crippen molar-refractivity contribution >= 4 is 12.0 Å².